The third kappa shape index (κ3) is 1.93. The van der Waals surface area contributed by atoms with Crippen molar-refractivity contribution in [1.82, 2.24) is 4.90 Å². The first-order chi connectivity index (χ1) is 8.25. The summed E-state index contributed by atoms with van der Waals surface area (Å²) in [6, 6.07) is 0. The van der Waals surface area contributed by atoms with Gasteiger partial charge >= 0.3 is 0 Å². The second kappa shape index (κ2) is 4.30. The van der Waals surface area contributed by atoms with Crippen molar-refractivity contribution in [1.29, 1.82) is 0 Å². The molecule has 0 bridgehead atoms. The number of allylic oxidation sites excluding steroid dienone is 2. The molecule has 2 aliphatic rings. The van der Waals surface area contributed by atoms with Gasteiger partial charge in [0.05, 0.1) is 5.56 Å². The van der Waals surface area contributed by atoms with Gasteiger partial charge in [-0.3, -0.25) is 4.79 Å². The molecule has 1 aliphatic carbocycles. The molecule has 2 heterocycles. The molecular formula is C14H17NOS. The Morgan fingerprint density at radius 1 is 1.24 bits per heavy atom. The van der Waals surface area contributed by atoms with Gasteiger partial charge in [-0.25, -0.2) is 0 Å². The Kier molecular flexibility index (Phi) is 2.79. The van der Waals surface area contributed by atoms with Crippen LogP contribution in [0.25, 0.3) is 0 Å². The number of carbonyl (C=O) groups excluding carboxylic acids is 1. The SMILES string of the molecule is Cc1cscc1C(=O)N1CC2CC=CCC2C1. The topological polar surface area (TPSA) is 20.3 Å². The minimum Gasteiger partial charge on any atom is -0.338 e. The third-order valence-corrected chi connectivity index (χ3v) is 4.86. The van der Waals surface area contributed by atoms with E-state index < -0.39 is 0 Å². The van der Waals surface area contributed by atoms with E-state index in [-0.39, 0.29) is 5.91 Å². The van der Waals surface area contributed by atoms with Crippen molar-refractivity contribution in [2.75, 3.05) is 13.1 Å². The molecule has 1 fully saturated rings. The molecule has 0 spiro atoms. The largest absolute Gasteiger partial charge is 0.338 e. The standard InChI is InChI=1S/C14H17NOS/c1-10-8-17-9-13(10)14(16)15-6-11-4-2-3-5-12(11)7-15/h2-3,8-9,11-12H,4-7H2,1H3. The quantitative estimate of drug-likeness (QED) is 0.698. The lowest BCUT2D eigenvalue weighted by atomic mass is 9.86. The summed E-state index contributed by atoms with van der Waals surface area (Å²) >= 11 is 1.62. The molecule has 3 heteroatoms. The highest BCUT2D eigenvalue weighted by molar-refractivity contribution is 7.08. The number of amides is 1. The number of likely N-dealkylation sites (tertiary alicyclic amines) is 1. The Balaban J connectivity index is 1.75. The molecule has 1 aromatic heterocycles. The van der Waals surface area contributed by atoms with Gasteiger partial charge in [-0.05, 0) is 42.5 Å². The lowest BCUT2D eigenvalue weighted by Crippen LogP contribution is -2.29. The minimum atomic E-state index is 0.234. The van der Waals surface area contributed by atoms with Crippen LogP contribution in [0.5, 0.6) is 0 Å². The van der Waals surface area contributed by atoms with Crippen molar-refractivity contribution in [2.24, 2.45) is 11.8 Å². The summed E-state index contributed by atoms with van der Waals surface area (Å²) in [5, 5.41) is 4.04. The van der Waals surface area contributed by atoms with Crippen molar-refractivity contribution in [2.45, 2.75) is 19.8 Å². The van der Waals surface area contributed by atoms with E-state index in [0.29, 0.717) is 11.8 Å². The van der Waals surface area contributed by atoms with Gasteiger partial charge in [0.15, 0.2) is 0 Å². The highest BCUT2D eigenvalue weighted by atomic mass is 32.1. The fraction of sp³-hybridized carbons (Fsp3) is 0.500. The van der Waals surface area contributed by atoms with Crippen LogP contribution in [0.1, 0.15) is 28.8 Å². The van der Waals surface area contributed by atoms with Gasteiger partial charge < -0.3 is 4.90 Å². The van der Waals surface area contributed by atoms with Crippen LogP contribution in [0.2, 0.25) is 0 Å². The second-order valence-electron chi connectivity index (χ2n) is 5.14. The number of aryl methyl sites for hydroxylation is 1. The van der Waals surface area contributed by atoms with Crippen LogP contribution in [-0.4, -0.2) is 23.9 Å². The lowest BCUT2D eigenvalue weighted by molar-refractivity contribution is 0.0784. The van der Waals surface area contributed by atoms with Crippen LogP contribution in [0.4, 0.5) is 0 Å². The van der Waals surface area contributed by atoms with Crippen molar-refractivity contribution < 1.29 is 4.79 Å². The molecule has 90 valence electrons. The predicted octanol–water partition coefficient (Wildman–Crippen LogP) is 3.09. The van der Waals surface area contributed by atoms with Gasteiger partial charge in [-0.15, -0.1) is 0 Å². The molecule has 17 heavy (non-hydrogen) atoms. The zero-order valence-corrected chi connectivity index (χ0v) is 10.9. The first-order valence-electron chi connectivity index (χ1n) is 6.23. The number of hydrogen-bond donors (Lipinski definition) is 0. The number of rotatable bonds is 1. The van der Waals surface area contributed by atoms with Crippen LogP contribution >= 0.6 is 11.3 Å². The summed E-state index contributed by atoms with van der Waals surface area (Å²) in [4.78, 5) is 14.4. The Hall–Kier alpha value is -1.09. The van der Waals surface area contributed by atoms with E-state index in [1.807, 2.05) is 12.3 Å². The van der Waals surface area contributed by atoms with Crippen molar-refractivity contribution in [3.63, 3.8) is 0 Å². The zero-order valence-electron chi connectivity index (χ0n) is 10.1. The number of hydrogen-bond acceptors (Lipinski definition) is 2. The van der Waals surface area contributed by atoms with Crippen LogP contribution in [0, 0.1) is 18.8 Å². The molecule has 2 atom stereocenters. The number of thiophene rings is 1. The van der Waals surface area contributed by atoms with E-state index in [1.54, 1.807) is 11.3 Å². The molecule has 1 amide bonds. The molecule has 0 radical (unpaired) electrons. The number of carbonyl (C=O) groups is 1. The summed E-state index contributed by atoms with van der Waals surface area (Å²) in [6.45, 7) is 3.92. The summed E-state index contributed by atoms with van der Waals surface area (Å²) in [7, 11) is 0. The summed E-state index contributed by atoms with van der Waals surface area (Å²) in [5.74, 6) is 1.63. The molecular weight excluding hydrogens is 230 g/mol. The molecule has 0 saturated carbocycles. The maximum atomic E-state index is 12.4. The van der Waals surface area contributed by atoms with Gasteiger partial charge in [0.2, 0.25) is 0 Å². The second-order valence-corrected chi connectivity index (χ2v) is 5.89. The fourth-order valence-electron chi connectivity index (χ4n) is 2.93. The Morgan fingerprint density at radius 3 is 2.41 bits per heavy atom. The molecule has 1 saturated heterocycles. The molecule has 2 nitrogen and oxygen atoms in total. The van der Waals surface area contributed by atoms with E-state index in [4.69, 9.17) is 0 Å². The van der Waals surface area contributed by atoms with E-state index in [9.17, 15) is 4.79 Å². The normalized spacial score (nSPS) is 27.2. The molecule has 1 aromatic rings. The average Bonchev–Trinajstić information content (AvgIpc) is 2.93. The summed E-state index contributed by atoms with van der Waals surface area (Å²) in [6.07, 6.45) is 6.84. The van der Waals surface area contributed by atoms with Gasteiger partial charge in [0.1, 0.15) is 0 Å². The maximum Gasteiger partial charge on any atom is 0.254 e. The zero-order chi connectivity index (χ0) is 11.8. The van der Waals surface area contributed by atoms with Crippen molar-refractivity contribution in [3.8, 4) is 0 Å². The summed E-state index contributed by atoms with van der Waals surface area (Å²) < 4.78 is 0. The Labute approximate surface area is 106 Å². The first kappa shape index (κ1) is 11.0. The third-order valence-electron chi connectivity index (χ3n) is 3.99. The van der Waals surface area contributed by atoms with Gasteiger partial charge in [-0.2, -0.15) is 11.3 Å². The van der Waals surface area contributed by atoms with Gasteiger partial charge in [-0.1, -0.05) is 12.2 Å². The Bertz CT molecular complexity index is 447. The Morgan fingerprint density at radius 2 is 1.88 bits per heavy atom. The molecule has 3 rings (SSSR count). The molecule has 1 aliphatic heterocycles. The molecule has 2 unspecified atom stereocenters. The highest BCUT2D eigenvalue weighted by Gasteiger charge is 2.35. The molecule has 0 aromatic carbocycles. The maximum absolute atomic E-state index is 12.4. The van der Waals surface area contributed by atoms with E-state index in [1.165, 1.54) is 0 Å². The average molecular weight is 247 g/mol. The van der Waals surface area contributed by atoms with Crippen LogP contribution in [-0.2, 0) is 0 Å². The van der Waals surface area contributed by atoms with E-state index >= 15 is 0 Å². The lowest BCUT2D eigenvalue weighted by Gasteiger charge is -2.17. The molecule has 0 N–H and O–H groups in total. The predicted molar refractivity (Wildman–Crippen MR) is 70.3 cm³/mol. The van der Waals surface area contributed by atoms with E-state index in [0.717, 1.165) is 37.1 Å². The van der Waals surface area contributed by atoms with Crippen LogP contribution in [0.15, 0.2) is 22.9 Å². The minimum absolute atomic E-state index is 0.234. The van der Waals surface area contributed by atoms with Gasteiger partial charge in [0.25, 0.3) is 5.91 Å². The van der Waals surface area contributed by atoms with Crippen molar-refractivity contribution in [3.05, 3.63) is 34.0 Å². The number of nitrogens with zero attached hydrogens (tertiary/aromatic N) is 1. The highest BCUT2D eigenvalue weighted by Crippen LogP contribution is 2.33. The van der Waals surface area contributed by atoms with Crippen molar-refractivity contribution >= 4 is 17.2 Å². The monoisotopic (exact) mass is 247 g/mol. The van der Waals surface area contributed by atoms with Crippen LogP contribution in [0.3, 0.4) is 0 Å². The first-order valence-corrected chi connectivity index (χ1v) is 7.17. The fourth-order valence-corrected chi connectivity index (χ4v) is 3.75. The van der Waals surface area contributed by atoms with Crippen LogP contribution < -0.4 is 0 Å². The summed E-state index contributed by atoms with van der Waals surface area (Å²) in [5.41, 5.74) is 2.02. The number of fused-ring (bicyclic) bond motifs is 1. The van der Waals surface area contributed by atoms with Gasteiger partial charge in [0, 0.05) is 18.5 Å². The van der Waals surface area contributed by atoms with E-state index in [2.05, 4.69) is 22.4 Å². The smallest absolute Gasteiger partial charge is 0.254 e.